The fourth-order valence-electron chi connectivity index (χ4n) is 1.89. The van der Waals surface area contributed by atoms with Gasteiger partial charge >= 0.3 is 0 Å². The second kappa shape index (κ2) is 7.61. The molecule has 0 aliphatic heterocycles. The van der Waals surface area contributed by atoms with Gasteiger partial charge in [-0.2, -0.15) is 0 Å². The zero-order valence-corrected chi connectivity index (χ0v) is 13.1. The van der Waals surface area contributed by atoms with Crippen LogP contribution in [0.2, 0.25) is 0 Å². The fraction of sp³-hybridized carbons (Fsp3) is 0.571. The quantitative estimate of drug-likeness (QED) is 0.746. The third-order valence-corrected chi connectivity index (χ3v) is 5.05. The van der Waals surface area contributed by atoms with Gasteiger partial charge in [-0.25, -0.2) is 12.7 Å². The average Bonchev–Trinajstić information content (AvgIpc) is 2.46. The molecule has 0 aliphatic carbocycles. The molecule has 5 nitrogen and oxygen atoms in total. The third-order valence-electron chi connectivity index (χ3n) is 3.18. The predicted octanol–water partition coefficient (Wildman–Crippen LogP) is 2.00. The summed E-state index contributed by atoms with van der Waals surface area (Å²) in [7, 11) is -0.597. The Balaban J connectivity index is 3.06. The van der Waals surface area contributed by atoms with Crippen LogP contribution in [-0.2, 0) is 16.6 Å². The molecule has 1 aromatic carbocycles. The Kier molecular flexibility index (Phi) is 6.45. The van der Waals surface area contributed by atoms with Gasteiger partial charge in [-0.05, 0) is 24.1 Å². The third kappa shape index (κ3) is 3.94. The Morgan fingerprint density at radius 1 is 1.30 bits per heavy atom. The highest BCUT2D eigenvalue weighted by atomic mass is 32.2. The lowest BCUT2D eigenvalue weighted by molar-refractivity contribution is 0.281. The normalized spacial score (nSPS) is 11.8. The van der Waals surface area contributed by atoms with E-state index < -0.39 is 10.0 Å². The summed E-state index contributed by atoms with van der Waals surface area (Å²) in [6.45, 7) is 2.34. The number of rotatable bonds is 8. The Morgan fingerprint density at radius 3 is 2.55 bits per heavy atom. The van der Waals surface area contributed by atoms with E-state index in [1.807, 2.05) is 0 Å². The molecule has 0 aliphatic rings. The van der Waals surface area contributed by atoms with Crippen molar-refractivity contribution in [2.45, 2.75) is 37.7 Å². The molecule has 114 valence electrons. The van der Waals surface area contributed by atoms with E-state index in [9.17, 15) is 8.42 Å². The van der Waals surface area contributed by atoms with Gasteiger partial charge in [-0.3, -0.25) is 0 Å². The van der Waals surface area contributed by atoms with Gasteiger partial charge in [-0.15, -0.1) is 0 Å². The van der Waals surface area contributed by atoms with Crippen molar-refractivity contribution in [2.75, 3.05) is 20.7 Å². The number of unbranched alkanes of at least 4 members (excludes halogenated alkanes) is 2. The lowest BCUT2D eigenvalue weighted by Gasteiger charge is -2.19. The van der Waals surface area contributed by atoms with Crippen LogP contribution in [0, 0.1) is 0 Å². The van der Waals surface area contributed by atoms with Crippen LogP contribution in [0.3, 0.4) is 0 Å². The molecule has 0 saturated heterocycles. The first-order valence-electron chi connectivity index (χ1n) is 6.71. The molecule has 1 aromatic rings. The van der Waals surface area contributed by atoms with E-state index >= 15 is 0 Å². The number of nitrogens with zero attached hydrogens (tertiary/aromatic N) is 1. The van der Waals surface area contributed by atoms with Gasteiger partial charge in [0.15, 0.2) is 0 Å². The minimum Gasteiger partial charge on any atom is -0.495 e. The zero-order valence-electron chi connectivity index (χ0n) is 12.3. The van der Waals surface area contributed by atoms with Crippen molar-refractivity contribution in [2.24, 2.45) is 0 Å². The van der Waals surface area contributed by atoms with E-state index in [0.29, 0.717) is 17.9 Å². The van der Waals surface area contributed by atoms with E-state index in [4.69, 9.17) is 9.84 Å². The Labute approximate surface area is 121 Å². The Hall–Kier alpha value is -1.11. The second-order valence-electron chi connectivity index (χ2n) is 4.68. The standard InChI is InChI=1S/C14H23NO4S/c1-4-5-6-9-15(2)20(17,18)14-10-12(11-16)7-8-13(14)19-3/h7-8,10,16H,4-6,9,11H2,1-3H3. The molecule has 0 unspecified atom stereocenters. The maximum absolute atomic E-state index is 12.5. The molecule has 6 heteroatoms. The number of aliphatic hydroxyl groups excluding tert-OH is 1. The first kappa shape index (κ1) is 16.9. The summed E-state index contributed by atoms with van der Waals surface area (Å²) in [5.41, 5.74) is 0.548. The highest BCUT2D eigenvalue weighted by Crippen LogP contribution is 2.27. The summed E-state index contributed by atoms with van der Waals surface area (Å²) in [5, 5.41) is 9.15. The van der Waals surface area contributed by atoms with Crippen LogP contribution in [0.15, 0.2) is 23.1 Å². The number of ether oxygens (including phenoxy) is 1. The summed E-state index contributed by atoms with van der Waals surface area (Å²) >= 11 is 0. The van der Waals surface area contributed by atoms with Gasteiger partial charge in [0, 0.05) is 13.6 Å². The van der Waals surface area contributed by atoms with Crippen LogP contribution in [0.25, 0.3) is 0 Å². The number of benzene rings is 1. The smallest absolute Gasteiger partial charge is 0.246 e. The molecule has 0 atom stereocenters. The maximum Gasteiger partial charge on any atom is 0.246 e. The van der Waals surface area contributed by atoms with Crippen molar-refractivity contribution in [3.63, 3.8) is 0 Å². The van der Waals surface area contributed by atoms with Crippen LogP contribution in [-0.4, -0.2) is 38.5 Å². The minimum atomic E-state index is -3.60. The van der Waals surface area contributed by atoms with E-state index in [2.05, 4.69) is 6.92 Å². The van der Waals surface area contributed by atoms with Crippen LogP contribution in [0.5, 0.6) is 5.75 Å². The second-order valence-corrected chi connectivity index (χ2v) is 6.69. The van der Waals surface area contributed by atoms with Crippen molar-refractivity contribution >= 4 is 10.0 Å². The first-order valence-corrected chi connectivity index (χ1v) is 8.15. The first-order chi connectivity index (χ1) is 9.47. The largest absolute Gasteiger partial charge is 0.495 e. The van der Waals surface area contributed by atoms with Gasteiger partial charge in [-0.1, -0.05) is 25.8 Å². The van der Waals surface area contributed by atoms with Gasteiger partial charge in [0.1, 0.15) is 10.6 Å². The number of hydrogen-bond donors (Lipinski definition) is 1. The van der Waals surface area contributed by atoms with Crippen LogP contribution in [0.4, 0.5) is 0 Å². The van der Waals surface area contributed by atoms with Crippen molar-refractivity contribution in [3.8, 4) is 5.75 Å². The summed E-state index contributed by atoms with van der Waals surface area (Å²) in [4.78, 5) is 0.102. The van der Waals surface area contributed by atoms with Gasteiger partial charge in [0.05, 0.1) is 13.7 Å². The molecule has 0 saturated carbocycles. The van der Waals surface area contributed by atoms with Crippen molar-refractivity contribution < 1.29 is 18.3 Å². The molecule has 20 heavy (non-hydrogen) atoms. The Bertz CT molecular complexity index is 528. The van der Waals surface area contributed by atoms with E-state index in [1.54, 1.807) is 19.2 Å². The lowest BCUT2D eigenvalue weighted by atomic mass is 10.2. The molecule has 0 aromatic heterocycles. The predicted molar refractivity (Wildman–Crippen MR) is 78.3 cm³/mol. The van der Waals surface area contributed by atoms with Crippen LogP contribution < -0.4 is 4.74 Å². The molecule has 0 fully saturated rings. The minimum absolute atomic E-state index is 0.102. The number of aliphatic hydroxyl groups is 1. The van der Waals surface area contributed by atoms with E-state index in [-0.39, 0.29) is 11.5 Å². The summed E-state index contributed by atoms with van der Waals surface area (Å²) in [5.74, 6) is 0.296. The Morgan fingerprint density at radius 2 is 2.00 bits per heavy atom. The van der Waals surface area contributed by atoms with E-state index in [1.165, 1.54) is 17.5 Å². The van der Waals surface area contributed by atoms with Crippen molar-refractivity contribution in [3.05, 3.63) is 23.8 Å². The average molecular weight is 301 g/mol. The van der Waals surface area contributed by atoms with Crippen LogP contribution >= 0.6 is 0 Å². The van der Waals surface area contributed by atoms with Gasteiger partial charge < -0.3 is 9.84 Å². The lowest BCUT2D eigenvalue weighted by Crippen LogP contribution is -2.28. The zero-order chi connectivity index (χ0) is 15.2. The molecule has 0 radical (unpaired) electrons. The maximum atomic E-state index is 12.5. The van der Waals surface area contributed by atoms with Crippen LogP contribution in [0.1, 0.15) is 31.7 Å². The molecule has 0 bridgehead atoms. The molecule has 0 spiro atoms. The number of sulfonamides is 1. The summed E-state index contributed by atoms with van der Waals surface area (Å²) in [6.07, 6.45) is 2.86. The SMILES string of the molecule is CCCCCN(C)S(=O)(=O)c1cc(CO)ccc1OC. The molecular weight excluding hydrogens is 278 g/mol. The summed E-state index contributed by atoms with van der Waals surface area (Å²) < 4.78 is 31.5. The molecular formula is C14H23NO4S. The monoisotopic (exact) mass is 301 g/mol. The van der Waals surface area contributed by atoms with E-state index in [0.717, 1.165) is 19.3 Å². The fourth-order valence-corrected chi connectivity index (χ4v) is 3.30. The molecule has 0 amide bonds. The van der Waals surface area contributed by atoms with Gasteiger partial charge in [0.2, 0.25) is 10.0 Å². The summed E-state index contributed by atoms with van der Waals surface area (Å²) in [6, 6.07) is 4.68. The van der Waals surface area contributed by atoms with Gasteiger partial charge in [0.25, 0.3) is 0 Å². The highest BCUT2D eigenvalue weighted by Gasteiger charge is 2.24. The molecule has 0 heterocycles. The number of hydrogen-bond acceptors (Lipinski definition) is 4. The molecule has 1 N–H and O–H groups in total. The molecule has 1 rings (SSSR count). The highest BCUT2D eigenvalue weighted by molar-refractivity contribution is 7.89. The van der Waals surface area contributed by atoms with Crippen molar-refractivity contribution in [1.29, 1.82) is 0 Å². The van der Waals surface area contributed by atoms with Crippen molar-refractivity contribution in [1.82, 2.24) is 4.31 Å². The topological polar surface area (TPSA) is 66.8 Å². The number of methoxy groups -OCH3 is 1.